The predicted octanol–water partition coefficient (Wildman–Crippen LogP) is 4.77. The van der Waals surface area contributed by atoms with E-state index in [1.807, 2.05) is 24.3 Å². The SMILES string of the molecule is COc1ccccc1Nc1nnc(SCc2nc(-c3ccc(F)cc3)no2)s1. The summed E-state index contributed by atoms with van der Waals surface area (Å²) in [7, 11) is 1.62. The average molecular weight is 415 g/mol. The molecule has 2 heterocycles. The molecule has 0 saturated heterocycles. The molecule has 4 aromatic rings. The van der Waals surface area contributed by atoms with Crippen LogP contribution < -0.4 is 10.1 Å². The van der Waals surface area contributed by atoms with Crippen molar-refractivity contribution in [1.29, 1.82) is 0 Å². The standard InChI is InChI=1S/C18H14FN5O2S2/c1-25-14-5-3-2-4-13(14)20-17-22-23-18(28-17)27-10-15-21-16(24-26-15)11-6-8-12(19)9-7-11/h2-9H,10H2,1H3,(H,20,22). The van der Waals surface area contributed by atoms with Crippen molar-refractivity contribution < 1.29 is 13.7 Å². The molecule has 0 unspecified atom stereocenters. The fraction of sp³-hybridized carbons (Fsp3) is 0.111. The van der Waals surface area contributed by atoms with Gasteiger partial charge < -0.3 is 14.6 Å². The Morgan fingerprint density at radius 2 is 1.96 bits per heavy atom. The minimum absolute atomic E-state index is 0.308. The van der Waals surface area contributed by atoms with E-state index in [2.05, 4.69) is 25.7 Å². The molecule has 4 rings (SSSR count). The number of thioether (sulfide) groups is 1. The molecule has 0 atom stereocenters. The lowest BCUT2D eigenvalue weighted by Gasteiger charge is -2.07. The number of para-hydroxylation sites is 2. The summed E-state index contributed by atoms with van der Waals surface area (Å²) in [5.74, 6) is 1.75. The maximum atomic E-state index is 13.0. The highest BCUT2D eigenvalue weighted by atomic mass is 32.2. The Morgan fingerprint density at radius 1 is 1.14 bits per heavy atom. The number of ether oxygens (including phenoxy) is 1. The van der Waals surface area contributed by atoms with E-state index in [-0.39, 0.29) is 5.82 Å². The Morgan fingerprint density at radius 3 is 2.79 bits per heavy atom. The second-order valence-electron chi connectivity index (χ2n) is 5.51. The van der Waals surface area contributed by atoms with Crippen LogP contribution >= 0.6 is 23.1 Å². The van der Waals surface area contributed by atoms with Crippen LogP contribution in [0.5, 0.6) is 5.75 Å². The molecule has 0 amide bonds. The van der Waals surface area contributed by atoms with Crippen molar-refractivity contribution in [2.24, 2.45) is 0 Å². The molecule has 10 heteroatoms. The van der Waals surface area contributed by atoms with E-state index in [4.69, 9.17) is 9.26 Å². The quantitative estimate of drug-likeness (QED) is 0.432. The Balaban J connectivity index is 1.38. The van der Waals surface area contributed by atoms with Crippen LogP contribution in [0.4, 0.5) is 15.2 Å². The molecule has 0 aliphatic heterocycles. The fourth-order valence-electron chi connectivity index (χ4n) is 2.33. The van der Waals surface area contributed by atoms with E-state index >= 15 is 0 Å². The van der Waals surface area contributed by atoms with Gasteiger partial charge in [0.1, 0.15) is 11.6 Å². The maximum Gasteiger partial charge on any atom is 0.237 e. The van der Waals surface area contributed by atoms with Crippen LogP contribution in [0, 0.1) is 5.82 Å². The monoisotopic (exact) mass is 415 g/mol. The van der Waals surface area contributed by atoms with Crippen molar-refractivity contribution in [1.82, 2.24) is 20.3 Å². The molecule has 28 heavy (non-hydrogen) atoms. The minimum atomic E-state index is -0.308. The number of anilines is 2. The first kappa shape index (κ1) is 18.4. The van der Waals surface area contributed by atoms with E-state index in [1.54, 1.807) is 19.2 Å². The van der Waals surface area contributed by atoms with Gasteiger partial charge in [0.15, 0.2) is 4.34 Å². The first-order valence-corrected chi connectivity index (χ1v) is 9.96. The zero-order valence-electron chi connectivity index (χ0n) is 14.6. The zero-order chi connectivity index (χ0) is 19.3. The molecule has 0 aliphatic carbocycles. The Labute approximate surface area is 168 Å². The fourth-order valence-corrected chi connectivity index (χ4v) is 3.94. The molecular weight excluding hydrogens is 401 g/mol. The number of nitrogens with zero attached hydrogens (tertiary/aromatic N) is 4. The highest BCUT2D eigenvalue weighted by Gasteiger charge is 2.12. The van der Waals surface area contributed by atoms with E-state index < -0.39 is 0 Å². The van der Waals surface area contributed by atoms with Gasteiger partial charge in [-0.25, -0.2) is 4.39 Å². The van der Waals surface area contributed by atoms with Gasteiger partial charge in [0.2, 0.25) is 16.8 Å². The van der Waals surface area contributed by atoms with Crippen molar-refractivity contribution in [3.8, 4) is 17.1 Å². The summed E-state index contributed by atoms with van der Waals surface area (Å²) in [5.41, 5.74) is 1.51. The number of halogens is 1. The molecule has 2 aromatic heterocycles. The second kappa shape index (κ2) is 8.36. The Kier molecular flexibility index (Phi) is 5.49. The van der Waals surface area contributed by atoms with Crippen molar-refractivity contribution >= 4 is 33.9 Å². The molecule has 0 spiro atoms. The summed E-state index contributed by atoms with van der Waals surface area (Å²) in [4.78, 5) is 4.33. The van der Waals surface area contributed by atoms with Crippen molar-refractivity contribution in [3.05, 3.63) is 60.2 Å². The summed E-state index contributed by atoms with van der Waals surface area (Å²) in [6, 6.07) is 13.5. The summed E-state index contributed by atoms with van der Waals surface area (Å²) in [6.07, 6.45) is 0. The highest BCUT2D eigenvalue weighted by Crippen LogP contribution is 2.32. The van der Waals surface area contributed by atoms with E-state index in [0.29, 0.717) is 28.2 Å². The largest absolute Gasteiger partial charge is 0.495 e. The van der Waals surface area contributed by atoms with Gasteiger partial charge in [0, 0.05) is 5.56 Å². The third kappa shape index (κ3) is 4.29. The number of hydrogen-bond acceptors (Lipinski definition) is 9. The van der Waals surface area contributed by atoms with Gasteiger partial charge in [-0.3, -0.25) is 0 Å². The van der Waals surface area contributed by atoms with E-state index in [9.17, 15) is 4.39 Å². The molecule has 2 aromatic carbocycles. The maximum absolute atomic E-state index is 13.0. The molecule has 0 radical (unpaired) electrons. The minimum Gasteiger partial charge on any atom is -0.495 e. The normalized spacial score (nSPS) is 10.8. The zero-order valence-corrected chi connectivity index (χ0v) is 16.3. The molecule has 0 fully saturated rings. The van der Waals surface area contributed by atoms with Crippen molar-refractivity contribution in [3.63, 3.8) is 0 Å². The van der Waals surface area contributed by atoms with Crippen molar-refractivity contribution in [2.75, 3.05) is 12.4 Å². The average Bonchev–Trinajstić information content (AvgIpc) is 3.37. The van der Waals surface area contributed by atoms with Gasteiger partial charge >= 0.3 is 0 Å². The van der Waals surface area contributed by atoms with Crippen LogP contribution in [-0.4, -0.2) is 27.4 Å². The number of aromatic nitrogens is 4. The van der Waals surface area contributed by atoms with E-state index in [1.165, 1.54) is 35.2 Å². The molecule has 0 saturated carbocycles. The van der Waals surface area contributed by atoms with E-state index in [0.717, 1.165) is 15.8 Å². The van der Waals surface area contributed by atoms with Crippen LogP contribution in [0.25, 0.3) is 11.4 Å². The topological polar surface area (TPSA) is 86.0 Å². The summed E-state index contributed by atoms with van der Waals surface area (Å²) >= 11 is 2.86. The molecular formula is C18H14FN5O2S2. The van der Waals surface area contributed by atoms with Gasteiger partial charge in [-0.15, -0.1) is 10.2 Å². The molecule has 7 nitrogen and oxygen atoms in total. The van der Waals surface area contributed by atoms with Crippen LogP contribution in [0.15, 0.2) is 57.4 Å². The van der Waals surface area contributed by atoms with Crippen LogP contribution in [0.1, 0.15) is 5.89 Å². The smallest absolute Gasteiger partial charge is 0.237 e. The third-order valence-corrected chi connectivity index (χ3v) is 5.60. The summed E-state index contributed by atoms with van der Waals surface area (Å²) in [5, 5.41) is 16.1. The van der Waals surface area contributed by atoms with Crippen molar-refractivity contribution in [2.45, 2.75) is 10.1 Å². The first-order chi connectivity index (χ1) is 13.7. The lowest BCUT2D eigenvalue weighted by molar-refractivity contribution is 0.391. The lowest BCUT2D eigenvalue weighted by atomic mass is 10.2. The van der Waals surface area contributed by atoms with Crippen LogP contribution in [0.3, 0.4) is 0 Å². The third-order valence-electron chi connectivity index (χ3n) is 3.64. The molecule has 142 valence electrons. The Bertz CT molecular complexity index is 1070. The predicted molar refractivity (Wildman–Crippen MR) is 105 cm³/mol. The Hall–Kier alpha value is -2.98. The van der Waals surface area contributed by atoms with Gasteiger partial charge in [-0.1, -0.05) is 40.4 Å². The number of rotatable bonds is 7. The molecule has 1 N–H and O–H groups in total. The summed E-state index contributed by atoms with van der Waals surface area (Å²) in [6.45, 7) is 0. The highest BCUT2D eigenvalue weighted by molar-refractivity contribution is 8.00. The van der Waals surface area contributed by atoms with Crippen LogP contribution in [-0.2, 0) is 5.75 Å². The number of hydrogen-bond donors (Lipinski definition) is 1. The molecule has 0 aliphatic rings. The second-order valence-corrected chi connectivity index (χ2v) is 7.71. The van der Waals surface area contributed by atoms with Gasteiger partial charge in [-0.2, -0.15) is 4.98 Å². The number of nitrogens with one attached hydrogen (secondary N) is 1. The number of methoxy groups -OCH3 is 1. The number of benzene rings is 2. The van der Waals surface area contributed by atoms with Gasteiger partial charge in [0.25, 0.3) is 0 Å². The van der Waals surface area contributed by atoms with Gasteiger partial charge in [-0.05, 0) is 36.4 Å². The van der Waals surface area contributed by atoms with Crippen LogP contribution in [0.2, 0.25) is 0 Å². The lowest BCUT2D eigenvalue weighted by Crippen LogP contribution is -1.93. The van der Waals surface area contributed by atoms with Gasteiger partial charge in [0.05, 0.1) is 18.6 Å². The summed E-state index contributed by atoms with van der Waals surface area (Å²) < 4.78 is 24.3. The first-order valence-electron chi connectivity index (χ1n) is 8.16. The molecule has 0 bridgehead atoms.